The molecule has 4 rings (SSSR count). The Labute approximate surface area is 178 Å². The second-order valence-electron chi connectivity index (χ2n) is 7.21. The maximum atomic E-state index is 12.7. The summed E-state index contributed by atoms with van der Waals surface area (Å²) < 4.78 is 1.23. The van der Waals surface area contributed by atoms with Gasteiger partial charge in [-0.2, -0.15) is 0 Å². The molecule has 1 aliphatic heterocycles. The topological polar surface area (TPSA) is 87.4 Å². The monoisotopic (exact) mass is 421 g/mol. The van der Waals surface area contributed by atoms with E-state index in [1.807, 2.05) is 49.4 Å². The van der Waals surface area contributed by atoms with Gasteiger partial charge < -0.3 is 5.11 Å². The molecular formula is C23H23N3O3S. The van der Waals surface area contributed by atoms with Gasteiger partial charge in [-0.15, -0.1) is 11.8 Å². The summed E-state index contributed by atoms with van der Waals surface area (Å²) in [6.45, 7) is 2.34. The van der Waals surface area contributed by atoms with Crippen LogP contribution in [-0.4, -0.2) is 20.4 Å². The fraction of sp³-hybridized carbons (Fsp3) is 0.261. The van der Waals surface area contributed by atoms with E-state index in [0.29, 0.717) is 18.7 Å². The summed E-state index contributed by atoms with van der Waals surface area (Å²) in [4.78, 5) is 33.1. The van der Waals surface area contributed by atoms with Crippen LogP contribution in [0.5, 0.6) is 5.88 Å². The Morgan fingerprint density at radius 3 is 2.63 bits per heavy atom. The molecule has 0 bridgehead atoms. The molecule has 30 heavy (non-hydrogen) atoms. The third kappa shape index (κ3) is 3.98. The zero-order valence-corrected chi connectivity index (χ0v) is 17.5. The maximum absolute atomic E-state index is 12.7. The number of aliphatic imine (C=N–C) groups is 1. The second kappa shape index (κ2) is 8.75. The fourth-order valence-corrected chi connectivity index (χ4v) is 4.80. The van der Waals surface area contributed by atoms with Gasteiger partial charge in [-0.3, -0.25) is 19.3 Å². The molecule has 154 valence electrons. The maximum Gasteiger partial charge on any atom is 0.331 e. The van der Waals surface area contributed by atoms with E-state index < -0.39 is 11.2 Å². The van der Waals surface area contributed by atoms with Crippen LogP contribution < -0.4 is 11.2 Å². The number of para-hydroxylation sites is 1. The van der Waals surface area contributed by atoms with Crippen molar-refractivity contribution in [1.82, 2.24) is 9.55 Å². The molecule has 2 heterocycles. The fourth-order valence-electron chi connectivity index (χ4n) is 3.57. The van der Waals surface area contributed by atoms with Gasteiger partial charge in [0.15, 0.2) is 0 Å². The Hall–Kier alpha value is -3.06. The Morgan fingerprint density at radius 1 is 1.13 bits per heavy atom. The third-order valence-electron chi connectivity index (χ3n) is 5.14. The Morgan fingerprint density at radius 2 is 1.87 bits per heavy atom. The molecule has 0 saturated carbocycles. The van der Waals surface area contributed by atoms with Gasteiger partial charge in [0.25, 0.3) is 5.56 Å². The number of fused-ring (bicyclic) bond motifs is 1. The molecule has 0 amide bonds. The van der Waals surface area contributed by atoms with Crippen molar-refractivity contribution in [2.45, 2.75) is 42.9 Å². The average molecular weight is 422 g/mol. The second-order valence-corrected chi connectivity index (χ2v) is 8.46. The number of nitrogens with zero attached hydrogens (tertiary/aromatic N) is 2. The molecule has 7 heteroatoms. The number of rotatable bonds is 5. The number of thioether (sulfide) groups is 1. The van der Waals surface area contributed by atoms with Crippen LogP contribution in [0, 0.1) is 0 Å². The highest BCUT2D eigenvalue weighted by atomic mass is 32.2. The Kier molecular flexibility index (Phi) is 5.90. The van der Waals surface area contributed by atoms with Crippen molar-refractivity contribution >= 4 is 23.2 Å². The smallest absolute Gasteiger partial charge is 0.331 e. The third-order valence-corrected chi connectivity index (χ3v) is 6.46. The van der Waals surface area contributed by atoms with E-state index in [-0.39, 0.29) is 16.7 Å². The zero-order valence-electron chi connectivity index (χ0n) is 16.7. The number of hydrogen-bond acceptors (Lipinski definition) is 5. The predicted molar refractivity (Wildman–Crippen MR) is 120 cm³/mol. The van der Waals surface area contributed by atoms with Crippen molar-refractivity contribution in [3.8, 4) is 5.88 Å². The molecule has 1 aromatic heterocycles. The van der Waals surface area contributed by atoms with Crippen LogP contribution in [0.3, 0.4) is 0 Å². The lowest BCUT2D eigenvalue weighted by molar-refractivity contribution is 0.394. The van der Waals surface area contributed by atoms with E-state index >= 15 is 0 Å². The van der Waals surface area contributed by atoms with Crippen LogP contribution >= 0.6 is 11.8 Å². The largest absolute Gasteiger partial charge is 0.494 e. The first-order chi connectivity index (χ1) is 14.6. The summed E-state index contributed by atoms with van der Waals surface area (Å²) in [6.07, 6.45) is 2.03. The van der Waals surface area contributed by atoms with Crippen LogP contribution in [0.25, 0.3) is 0 Å². The van der Waals surface area contributed by atoms with Gasteiger partial charge in [0, 0.05) is 23.1 Å². The summed E-state index contributed by atoms with van der Waals surface area (Å²) in [5, 5.41) is 10.9. The molecule has 6 nitrogen and oxygen atoms in total. The highest BCUT2D eigenvalue weighted by molar-refractivity contribution is 7.99. The lowest BCUT2D eigenvalue weighted by Gasteiger charge is -2.17. The van der Waals surface area contributed by atoms with Gasteiger partial charge in [-0.25, -0.2) is 4.79 Å². The number of nitrogens with one attached hydrogen (secondary N) is 1. The van der Waals surface area contributed by atoms with Crippen molar-refractivity contribution in [3.63, 3.8) is 0 Å². The van der Waals surface area contributed by atoms with Gasteiger partial charge in [0.2, 0.25) is 5.88 Å². The van der Waals surface area contributed by atoms with Crippen molar-refractivity contribution < 1.29 is 5.11 Å². The molecule has 1 aliphatic rings. The Balaban J connectivity index is 1.88. The van der Waals surface area contributed by atoms with Crippen molar-refractivity contribution in [3.05, 3.63) is 86.6 Å². The van der Waals surface area contributed by atoms with Gasteiger partial charge in [0.05, 0.1) is 11.4 Å². The van der Waals surface area contributed by atoms with E-state index in [2.05, 4.69) is 17.1 Å². The molecule has 0 fully saturated rings. The van der Waals surface area contributed by atoms with Gasteiger partial charge in [0.1, 0.15) is 5.56 Å². The lowest BCUT2D eigenvalue weighted by atomic mass is 10.0. The normalized spacial score (nSPS) is 15.9. The molecule has 0 spiro atoms. The standard InChI is InChI=1S/C23H23N3O3S/c1-2-3-13-26-22(28)20(21(27)25-23(26)29)17-14-19(15-9-5-4-6-10-15)30-18-12-8-7-11-16(18)24-17/h4-12,19,28H,2-3,13-14H2,1H3,(H,25,27,29). The van der Waals surface area contributed by atoms with E-state index in [1.165, 1.54) is 4.57 Å². The summed E-state index contributed by atoms with van der Waals surface area (Å²) in [6, 6.07) is 17.8. The predicted octanol–water partition coefficient (Wildman–Crippen LogP) is 4.40. The van der Waals surface area contributed by atoms with Gasteiger partial charge in [-0.1, -0.05) is 55.8 Å². The minimum atomic E-state index is -0.611. The van der Waals surface area contributed by atoms with Gasteiger partial charge >= 0.3 is 5.69 Å². The minimum Gasteiger partial charge on any atom is -0.494 e. The van der Waals surface area contributed by atoms with Crippen LogP contribution in [0.4, 0.5) is 5.69 Å². The summed E-state index contributed by atoms with van der Waals surface area (Å²) >= 11 is 1.69. The number of H-pyrrole nitrogens is 1. The van der Waals surface area contributed by atoms with Crippen LogP contribution in [0.1, 0.15) is 42.6 Å². The molecule has 1 unspecified atom stereocenters. The highest BCUT2D eigenvalue weighted by Gasteiger charge is 2.27. The van der Waals surface area contributed by atoms with Crippen molar-refractivity contribution in [2.24, 2.45) is 4.99 Å². The quantitative estimate of drug-likeness (QED) is 0.639. The Bertz CT molecular complexity index is 1200. The first-order valence-corrected chi connectivity index (χ1v) is 10.9. The molecule has 0 radical (unpaired) electrons. The van der Waals surface area contributed by atoms with Gasteiger partial charge in [-0.05, 0) is 24.1 Å². The van der Waals surface area contributed by atoms with Crippen LogP contribution in [0.2, 0.25) is 0 Å². The van der Waals surface area contributed by atoms with Crippen LogP contribution in [-0.2, 0) is 6.54 Å². The molecule has 0 aliphatic carbocycles. The van der Waals surface area contributed by atoms with Crippen LogP contribution in [0.15, 0.2) is 74.1 Å². The van der Waals surface area contributed by atoms with E-state index in [4.69, 9.17) is 4.99 Å². The van der Waals surface area contributed by atoms with E-state index in [9.17, 15) is 14.7 Å². The van der Waals surface area contributed by atoms with Crippen molar-refractivity contribution in [1.29, 1.82) is 0 Å². The molecule has 0 saturated heterocycles. The first-order valence-electron chi connectivity index (χ1n) is 10.0. The van der Waals surface area contributed by atoms with E-state index in [1.54, 1.807) is 11.8 Å². The lowest BCUT2D eigenvalue weighted by Crippen LogP contribution is -2.34. The molecule has 2 N–H and O–H groups in total. The molecular weight excluding hydrogens is 398 g/mol. The number of aromatic nitrogens is 2. The summed E-state index contributed by atoms with van der Waals surface area (Å²) in [5.41, 5.74) is 1.20. The van der Waals surface area contributed by atoms with E-state index in [0.717, 1.165) is 29.0 Å². The summed E-state index contributed by atoms with van der Waals surface area (Å²) in [7, 11) is 0. The average Bonchev–Trinajstić information content (AvgIpc) is 2.93. The molecule has 1 atom stereocenters. The highest BCUT2D eigenvalue weighted by Crippen LogP contribution is 2.45. The summed E-state index contributed by atoms with van der Waals surface area (Å²) in [5.74, 6) is -0.313. The number of unbranched alkanes of at least 4 members (excludes halogenated alkanes) is 1. The number of aromatic hydroxyl groups is 1. The number of benzene rings is 2. The molecule has 3 aromatic rings. The molecule has 2 aromatic carbocycles. The first kappa shape index (κ1) is 20.2. The van der Waals surface area contributed by atoms with Crippen molar-refractivity contribution in [2.75, 3.05) is 0 Å². The SMILES string of the molecule is CCCCn1c(O)c(C2=Nc3ccccc3SC(c3ccccc3)C2)c(=O)[nH]c1=O. The minimum absolute atomic E-state index is 0.0171. The zero-order chi connectivity index (χ0) is 21.1. The number of hydrogen-bond donors (Lipinski definition) is 2. The number of aromatic amines is 1.